The standard InChI is InChI=1S/C10H15ClN2S/c1-2-14-7-10(13-12)8-3-5-9(11)6-4-8/h3-6,10,13H,2,7,12H2,1H3. The highest BCUT2D eigenvalue weighted by Gasteiger charge is 2.08. The minimum atomic E-state index is 0.206. The number of nitrogens with two attached hydrogens (primary N) is 1. The first-order chi connectivity index (χ1) is 6.77. The van der Waals surface area contributed by atoms with Crippen molar-refractivity contribution in [3.05, 3.63) is 34.9 Å². The summed E-state index contributed by atoms with van der Waals surface area (Å²) in [5.74, 6) is 7.57. The van der Waals surface area contributed by atoms with E-state index in [1.54, 1.807) is 0 Å². The number of halogens is 1. The first kappa shape index (κ1) is 11.9. The molecule has 1 unspecified atom stereocenters. The van der Waals surface area contributed by atoms with Gasteiger partial charge in [0.25, 0.3) is 0 Å². The average Bonchev–Trinajstić information content (AvgIpc) is 2.21. The number of benzene rings is 1. The van der Waals surface area contributed by atoms with Crippen LogP contribution >= 0.6 is 23.4 Å². The van der Waals surface area contributed by atoms with Gasteiger partial charge in [-0.1, -0.05) is 30.7 Å². The largest absolute Gasteiger partial charge is 0.271 e. The highest BCUT2D eigenvalue weighted by Crippen LogP contribution is 2.19. The maximum atomic E-state index is 5.81. The normalized spacial score (nSPS) is 12.8. The van der Waals surface area contributed by atoms with Crippen LogP contribution in [0.4, 0.5) is 0 Å². The van der Waals surface area contributed by atoms with E-state index in [1.807, 2.05) is 36.0 Å². The third-order valence-corrected chi connectivity index (χ3v) is 3.19. The Kier molecular flexibility index (Phi) is 5.33. The van der Waals surface area contributed by atoms with E-state index in [2.05, 4.69) is 12.3 Å². The summed E-state index contributed by atoms with van der Waals surface area (Å²) in [4.78, 5) is 0. The molecule has 0 fully saturated rings. The van der Waals surface area contributed by atoms with Gasteiger partial charge in [-0.15, -0.1) is 0 Å². The van der Waals surface area contributed by atoms with Gasteiger partial charge >= 0.3 is 0 Å². The molecule has 0 aliphatic carbocycles. The predicted molar refractivity (Wildman–Crippen MR) is 64.5 cm³/mol. The van der Waals surface area contributed by atoms with Crippen molar-refractivity contribution in [1.82, 2.24) is 5.43 Å². The molecule has 0 bridgehead atoms. The van der Waals surface area contributed by atoms with Crippen LogP contribution in [0.25, 0.3) is 0 Å². The lowest BCUT2D eigenvalue weighted by molar-refractivity contribution is 0.611. The van der Waals surface area contributed by atoms with Gasteiger partial charge in [-0.3, -0.25) is 11.3 Å². The molecule has 1 atom stereocenters. The fourth-order valence-corrected chi connectivity index (χ4v) is 2.06. The zero-order valence-electron chi connectivity index (χ0n) is 8.16. The number of rotatable bonds is 5. The van der Waals surface area contributed by atoms with Gasteiger partial charge in [0.15, 0.2) is 0 Å². The molecule has 4 heteroatoms. The molecule has 2 nitrogen and oxygen atoms in total. The zero-order chi connectivity index (χ0) is 10.4. The van der Waals surface area contributed by atoms with Crippen LogP contribution in [0.15, 0.2) is 24.3 Å². The molecule has 14 heavy (non-hydrogen) atoms. The van der Waals surface area contributed by atoms with Crippen LogP contribution in [0.1, 0.15) is 18.5 Å². The SMILES string of the molecule is CCSCC(NN)c1ccc(Cl)cc1. The third kappa shape index (κ3) is 3.50. The summed E-state index contributed by atoms with van der Waals surface area (Å²) in [6.07, 6.45) is 0. The summed E-state index contributed by atoms with van der Waals surface area (Å²) in [7, 11) is 0. The maximum Gasteiger partial charge on any atom is 0.0550 e. The Morgan fingerprint density at radius 2 is 2.07 bits per heavy atom. The maximum absolute atomic E-state index is 5.81. The average molecular weight is 231 g/mol. The molecular formula is C10H15ClN2S. The molecule has 0 aromatic heterocycles. The van der Waals surface area contributed by atoms with E-state index in [4.69, 9.17) is 17.4 Å². The Morgan fingerprint density at radius 3 is 2.57 bits per heavy atom. The highest BCUT2D eigenvalue weighted by atomic mass is 35.5. The molecule has 1 aromatic carbocycles. The van der Waals surface area contributed by atoms with Gasteiger partial charge in [-0.2, -0.15) is 11.8 Å². The van der Waals surface area contributed by atoms with Crippen molar-refractivity contribution < 1.29 is 0 Å². The van der Waals surface area contributed by atoms with E-state index in [0.29, 0.717) is 0 Å². The second-order valence-electron chi connectivity index (χ2n) is 2.93. The molecule has 0 saturated heterocycles. The fraction of sp³-hybridized carbons (Fsp3) is 0.400. The van der Waals surface area contributed by atoms with E-state index >= 15 is 0 Å². The van der Waals surface area contributed by atoms with E-state index in [9.17, 15) is 0 Å². The van der Waals surface area contributed by atoms with Crippen LogP contribution in [0.2, 0.25) is 5.02 Å². The molecule has 1 rings (SSSR count). The van der Waals surface area contributed by atoms with Crippen molar-refractivity contribution in [3.63, 3.8) is 0 Å². The minimum absolute atomic E-state index is 0.206. The second kappa shape index (κ2) is 6.30. The van der Waals surface area contributed by atoms with Crippen molar-refractivity contribution in [3.8, 4) is 0 Å². The lowest BCUT2D eigenvalue weighted by Gasteiger charge is -2.15. The quantitative estimate of drug-likeness (QED) is 0.603. The van der Waals surface area contributed by atoms with Crippen LogP contribution < -0.4 is 11.3 Å². The van der Waals surface area contributed by atoms with E-state index in [0.717, 1.165) is 16.5 Å². The van der Waals surface area contributed by atoms with Crippen molar-refractivity contribution in [2.24, 2.45) is 5.84 Å². The summed E-state index contributed by atoms with van der Waals surface area (Å²) < 4.78 is 0. The molecule has 0 aliphatic rings. The molecule has 0 amide bonds. The summed E-state index contributed by atoms with van der Waals surface area (Å²) >= 11 is 7.67. The van der Waals surface area contributed by atoms with Crippen LogP contribution in [0.3, 0.4) is 0 Å². The summed E-state index contributed by atoms with van der Waals surface area (Å²) in [6, 6.07) is 7.99. The Balaban J connectivity index is 2.64. The van der Waals surface area contributed by atoms with Crippen LogP contribution in [-0.4, -0.2) is 11.5 Å². The van der Waals surface area contributed by atoms with Crippen LogP contribution in [0.5, 0.6) is 0 Å². The molecule has 1 aromatic rings. The van der Waals surface area contributed by atoms with Gasteiger partial charge in [0.05, 0.1) is 6.04 Å². The topological polar surface area (TPSA) is 38.0 Å². The Labute approximate surface area is 94.2 Å². The third-order valence-electron chi connectivity index (χ3n) is 1.96. The van der Waals surface area contributed by atoms with Crippen molar-refractivity contribution in [2.75, 3.05) is 11.5 Å². The lowest BCUT2D eigenvalue weighted by Crippen LogP contribution is -2.29. The van der Waals surface area contributed by atoms with E-state index in [1.165, 1.54) is 5.56 Å². The Hall–Kier alpha value is -0.220. The van der Waals surface area contributed by atoms with Gasteiger partial charge in [-0.25, -0.2) is 0 Å². The zero-order valence-corrected chi connectivity index (χ0v) is 9.74. The predicted octanol–water partition coefficient (Wildman–Crippen LogP) is 2.60. The first-order valence-corrected chi connectivity index (χ1v) is 6.10. The molecule has 0 heterocycles. The van der Waals surface area contributed by atoms with Crippen LogP contribution in [-0.2, 0) is 0 Å². The molecule has 0 aliphatic heterocycles. The molecule has 0 radical (unpaired) electrons. The van der Waals surface area contributed by atoms with Crippen molar-refractivity contribution in [1.29, 1.82) is 0 Å². The Bertz CT molecular complexity index is 263. The minimum Gasteiger partial charge on any atom is -0.271 e. The summed E-state index contributed by atoms with van der Waals surface area (Å²) in [6.45, 7) is 2.14. The highest BCUT2D eigenvalue weighted by molar-refractivity contribution is 7.99. The molecule has 0 spiro atoms. The molecule has 78 valence electrons. The number of nitrogens with one attached hydrogen (secondary N) is 1. The first-order valence-electron chi connectivity index (χ1n) is 4.57. The number of hydrogen-bond acceptors (Lipinski definition) is 3. The smallest absolute Gasteiger partial charge is 0.0550 e. The Morgan fingerprint density at radius 1 is 1.43 bits per heavy atom. The molecule has 0 saturated carbocycles. The number of hydrazine groups is 1. The molecule has 3 N–H and O–H groups in total. The van der Waals surface area contributed by atoms with Gasteiger partial charge in [0.1, 0.15) is 0 Å². The van der Waals surface area contributed by atoms with Gasteiger partial charge in [-0.05, 0) is 23.4 Å². The van der Waals surface area contributed by atoms with Gasteiger partial charge < -0.3 is 0 Å². The second-order valence-corrected chi connectivity index (χ2v) is 4.69. The summed E-state index contributed by atoms with van der Waals surface area (Å²) in [5, 5.41) is 0.757. The van der Waals surface area contributed by atoms with Gasteiger partial charge in [0.2, 0.25) is 0 Å². The van der Waals surface area contributed by atoms with E-state index < -0.39 is 0 Å². The fourth-order valence-electron chi connectivity index (χ4n) is 1.17. The lowest BCUT2D eigenvalue weighted by atomic mass is 10.1. The van der Waals surface area contributed by atoms with E-state index in [-0.39, 0.29) is 6.04 Å². The molecular weight excluding hydrogens is 216 g/mol. The number of hydrogen-bond donors (Lipinski definition) is 2. The van der Waals surface area contributed by atoms with Crippen molar-refractivity contribution >= 4 is 23.4 Å². The van der Waals surface area contributed by atoms with Gasteiger partial charge in [0, 0.05) is 10.8 Å². The van der Waals surface area contributed by atoms with Crippen molar-refractivity contribution in [2.45, 2.75) is 13.0 Å². The van der Waals surface area contributed by atoms with Crippen LogP contribution in [0, 0.1) is 0 Å². The number of thioether (sulfide) groups is 1. The summed E-state index contributed by atoms with van der Waals surface area (Å²) in [5.41, 5.74) is 3.99. The monoisotopic (exact) mass is 230 g/mol.